The van der Waals surface area contributed by atoms with Crippen molar-refractivity contribution in [1.82, 2.24) is 5.01 Å². The van der Waals surface area contributed by atoms with Crippen LogP contribution in [-0.4, -0.2) is 67.2 Å². The lowest BCUT2D eigenvalue weighted by Crippen LogP contribution is -2.53. The first kappa shape index (κ1) is 38.3. The molecule has 2 aliphatic carbocycles. The maximum atomic E-state index is 15.7. The number of halogens is 2. The first-order chi connectivity index (χ1) is 29.1. The summed E-state index contributed by atoms with van der Waals surface area (Å²) in [6.07, 6.45) is 2.31. The Kier molecular flexibility index (Phi) is 9.38. The molecule has 3 aliphatic heterocycles. The van der Waals surface area contributed by atoms with Gasteiger partial charge >= 0.3 is 0 Å². The highest BCUT2D eigenvalue weighted by Crippen LogP contribution is 2.65. The highest BCUT2D eigenvalue weighted by atomic mass is 35.5. The lowest BCUT2D eigenvalue weighted by molar-refractivity contribution is -0.138. The molecule has 3 heterocycles. The molecule has 4 fully saturated rings. The number of methoxy groups -OCH3 is 1. The van der Waals surface area contributed by atoms with Crippen molar-refractivity contribution in [1.29, 1.82) is 0 Å². The molecule has 6 atom stereocenters. The molecule has 304 valence electrons. The van der Waals surface area contributed by atoms with Crippen LogP contribution in [-0.2, 0) is 29.3 Å². The number of ether oxygens (including phenoxy) is 2. The number of phenolic OH excluding ortho intramolecular Hbond substituents is 1. The standard InChI is InChI=1S/C47H40Cl2N4O7/c1-59-31-14-7-27(8-15-31)47-36(44(56)53(46(47)58)50-38-18-9-28(48)24-37(38)49)25-35-33(42(47)41-32-5-3-2-4-26(32)6-19-39(41)54)16-17-34-40(35)45(57)52(43(34)55)30-12-10-29(11-13-30)51-20-22-60-23-21-51/h2-16,18-19,24,34-36,40,42,50,54H,17,20-23,25H2,1H3/t34-,35+,36-,40-,42+,47+/m0/s1. The van der Waals surface area contributed by atoms with E-state index in [1.54, 1.807) is 49.6 Å². The summed E-state index contributed by atoms with van der Waals surface area (Å²) < 4.78 is 11.0. The van der Waals surface area contributed by atoms with Crippen molar-refractivity contribution in [2.24, 2.45) is 23.7 Å². The number of carbonyl (C=O) groups excluding carboxylic acids is 4. The number of imide groups is 2. The molecule has 0 bridgehead atoms. The van der Waals surface area contributed by atoms with Crippen LogP contribution in [0.25, 0.3) is 10.8 Å². The van der Waals surface area contributed by atoms with Gasteiger partial charge in [-0.05, 0) is 95.8 Å². The van der Waals surface area contributed by atoms with E-state index in [1.807, 2.05) is 60.7 Å². The van der Waals surface area contributed by atoms with Gasteiger partial charge in [-0.1, -0.05) is 77.3 Å². The second kappa shape index (κ2) is 14.7. The third-order valence-electron chi connectivity index (χ3n) is 13.3. The van der Waals surface area contributed by atoms with Gasteiger partial charge in [0.1, 0.15) is 11.5 Å². The molecule has 11 nitrogen and oxygen atoms in total. The molecular formula is C47H40Cl2N4O7. The Morgan fingerprint density at radius 2 is 1.55 bits per heavy atom. The van der Waals surface area contributed by atoms with E-state index in [1.165, 1.54) is 11.0 Å². The van der Waals surface area contributed by atoms with Gasteiger partial charge in [0.25, 0.3) is 11.8 Å². The lowest BCUT2D eigenvalue weighted by atomic mass is 9.48. The summed E-state index contributed by atoms with van der Waals surface area (Å²) >= 11 is 12.9. The van der Waals surface area contributed by atoms with Crippen LogP contribution in [0.2, 0.25) is 10.0 Å². The van der Waals surface area contributed by atoms with Crippen LogP contribution in [0.5, 0.6) is 11.5 Å². The summed E-state index contributed by atoms with van der Waals surface area (Å²) in [5.41, 5.74) is 4.87. The van der Waals surface area contributed by atoms with E-state index in [2.05, 4.69) is 10.3 Å². The van der Waals surface area contributed by atoms with Crippen LogP contribution >= 0.6 is 23.2 Å². The number of nitrogens with zero attached hydrogens (tertiary/aromatic N) is 3. The Hall–Kier alpha value is -5.88. The first-order valence-corrected chi connectivity index (χ1v) is 20.8. The Bertz CT molecular complexity index is 2630. The number of rotatable bonds is 7. The van der Waals surface area contributed by atoms with E-state index in [-0.39, 0.29) is 35.4 Å². The summed E-state index contributed by atoms with van der Waals surface area (Å²) in [6.45, 7) is 2.74. The normalized spacial score (nSPS) is 26.2. The Morgan fingerprint density at radius 1 is 0.817 bits per heavy atom. The molecule has 2 N–H and O–H groups in total. The Morgan fingerprint density at radius 3 is 2.28 bits per heavy atom. The fourth-order valence-corrected chi connectivity index (χ4v) is 11.1. The lowest BCUT2D eigenvalue weighted by Gasteiger charge is -2.51. The fourth-order valence-electron chi connectivity index (χ4n) is 10.6. The van der Waals surface area contributed by atoms with Gasteiger partial charge in [-0.3, -0.25) is 29.5 Å². The molecule has 13 heteroatoms. The maximum absolute atomic E-state index is 15.7. The highest BCUT2D eigenvalue weighted by molar-refractivity contribution is 6.36. The van der Waals surface area contributed by atoms with Crippen molar-refractivity contribution < 1.29 is 33.8 Å². The van der Waals surface area contributed by atoms with Gasteiger partial charge in [0.2, 0.25) is 11.8 Å². The van der Waals surface area contributed by atoms with Crippen molar-refractivity contribution >= 4 is 74.7 Å². The number of anilines is 3. The van der Waals surface area contributed by atoms with Gasteiger partial charge in [-0.2, -0.15) is 5.01 Å². The maximum Gasteiger partial charge on any atom is 0.260 e. The number of allylic oxidation sites excluding steroid dienone is 2. The zero-order valence-electron chi connectivity index (χ0n) is 32.5. The van der Waals surface area contributed by atoms with Crippen molar-refractivity contribution in [3.8, 4) is 11.5 Å². The van der Waals surface area contributed by atoms with Crippen LogP contribution in [0.15, 0.2) is 115 Å². The number of hydrazine groups is 1. The second-order valence-electron chi connectivity index (χ2n) is 16.1. The van der Waals surface area contributed by atoms with E-state index >= 15 is 9.59 Å². The molecule has 3 saturated heterocycles. The molecule has 10 rings (SSSR count). The van der Waals surface area contributed by atoms with E-state index in [0.29, 0.717) is 51.9 Å². The largest absolute Gasteiger partial charge is 0.508 e. The smallest absolute Gasteiger partial charge is 0.260 e. The molecule has 1 saturated carbocycles. The molecule has 0 aromatic heterocycles. The van der Waals surface area contributed by atoms with Crippen molar-refractivity contribution in [3.63, 3.8) is 0 Å². The molecule has 60 heavy (non-hydrogen) atoms. The average Bonchev–Trinajstić information content (AvgIpc) is 3.65. The molecule has 0 radical (unpaired) electrons. The molecule has 5 aromatic rings. The number of nitrogens with one attached hydrogen (secondary N) is 1. The summed E-state index contributed by atoms with van der Waals surface area (Å²) in [7, 11) is 1.55. The van der Waals surface area contributed by atoms with Crippen molar-refractivity contribution in [3.05, 3.63) is 136 Å². The topological polar surface area (TPSA) is 129 Å². The number of morpholine rings is 1. The number of benzene rings is 5. The summed E-state index contributed by atoms with van der Waals surface area (Å²) in [6, 6.07) is 30.3. The number of aromatic hydroxyl groups is 1. The zero-order chi connectivity index (χ0) is 41.4. The summed E-state index contributed by atoms with van der Waals surface area (Å²) in [5.74, 6) is -5.37. The molecule has 4 amide bonds. The monoisotopic (exact) mass is 842 g/mol. The van der Waals surface area contributed by atoms with E-state index in [0.717, 1.165) is 34.7 Å². The van der Waals surface area contributed by atoms with Gasteiger partial charge in [-0.25, -0.2) is 0 Å². The third kappa shape index (κ3) is 5.73. The number of hydrogen-bond acceptors (Lipinski definition) is 9. The Labute approximate surface area is 356 Å². The number of phenols is 1. The van der Waals surface area contributed by atoms with E-state index < -0.39 is 46.8 Å². The summed E-state index contributed by atoms with van der Waals surface area (Å²) in [4.78, 5) is 63.8. The molecular weight excluding hydrogens is 803 g/mol. The number of hydrogen-bond donors (Lipinski definition) is 2. The third-order valence-corrected chi connectivity index (χ3v) is 13.8. The second-order valence-corrected chi connectivity index (χ2v) is 16.9. The minimum absolute atomic E-state index is 0.0581. The fraction of sp³-hybridized carbons (Fsp3) is 0.277. The predicted octanol–water partition coefficient (Wildman–Crippen LogP) is 7.89. The molecule has 5 aromatic carbocycles. The van der Waals surface area contributed by atoms with Crippen LogP contribution in [0, 0.1) is 23.7 Å². The van der Waals surface area contributed by atoms with Gasteiger partial charge in [0, 0.05) is 35.3 Å². The molecule has 0 unspecified atom stereocenters. The van der Waals surface area contributed by atoms with Crippen LogP contribution in [0.4, 0.5) is 17.1 Å². The first-order valence-electron chi connectivity index (χ1n) is 20.1. The van der Waals surface area contributed by atoms with Gasteiger partial charge in [0.05, 0.1) is 59.9 Å². The number of carbonyl (C=O) groups is 4. The Balaban J connectivity index is 1.14. The van der Waals surface area contributed by atoms with Gasteiger partial charge in [-0.15, -0.1) is 0 Å². The van der Waals surface area contributed by atoms with Gasteiger partial charge in [0.15, 0.2) is 0 Å². The highest BCUT2D eigenvalue weighted by Gasteiger charge is 2.71. The van der Waals surface area contributed by atoms with Gasteiger partial charge < -0.3 is 19.5 Å². The predicted molar refractivity (Wildman–Crippen MR) is 228 cm³/mol. The van der Waals surface area contributed by atoms with Crippen LogP contribution in [0.3, 0.4) is 0 Å². The average molecular weight is 844 g/mol. The minimum Gasteiger partial charge on any atom is -0.508 e. The zero-order valence-corrected chi connectivity index (χ0v) is 34.0. The minimum atomic E-state index is -1.63. The van der Waals surface area contributed by atoms with E-state index in [4.69, 9.17) is 32.7 Å². The molecule has 5 aliphatic rings. The van der Waals surface area contributed by atoms with Crippen LogP contribution in [0.1, 0.15) is 29.9 Å². The van der Waals surface area contributed by atoms with Crippen molar-refractivity contribution in [2.45, 2.75) is 24.2 Å². The SMILES string of the molecule is COc1ccc([C@@]23C(=O)N(Nc4ccc(Cl)cc4Cl)C(=O)[C@@H]2C[C@@H]2C(=CC[C@@H]4C(=O)N(c5ccc(N6CCOCC6)cc5)C(=O)[C@@H]42)[C@@H]3c2c(O)ccc3ccccc23)cc1. The van der Waals surface area contributed by atoms with Crippen molar-refractivity contribution in [2.75, 3.05) is 48.6 Å². The van der Waals surface area contributed by atoms with Crippen LogP contribution < -0.4 is 20.0 Å². The van der Waals surface area contributed by atoms with E-state index in [9.17, 15) is 14.7 Å². The molecule has 0 spiro atoms. The summed E-state index contributed by atoms with van der Waals surface area (Å²) in [5, 5.41) is 15.2. The quantitative estimate of drug-likeness (QED) is 0.124. The number of amides is 4. The number of fused-ring (bicyclic) bond motifs is 5.